The highest BCUT2D eigenvalue weighted by Crippen LogP contribution is 2.19. The van der Waals surface area contributed by atoms with E-state index in [1.807, 2.05) is 6.92 Å². The maximum Gasteiger partial charge on any atom is 0.341 e. The summed E-state index contributed by atoms with van der Waals surface area (Å²) in [4.78, 5) is 27.6. The Bertz CT molecular complexity index is 470. The van der Waals surface area contributed by atoms with Crippen LogP contribution in [0.15, 0.2) is 6.07 Å². The highest BCUT2D eigenvalue weighted by atomic mass is 16.5. The van der Waals surface area contributed by atoms with Crippen molar-refractivity contribution in [2.75, 3.05) is 19.0 Å². The Morgan fingerprint density at radius 3 is 2.44 bits per heavy atom. The second-order valence-corrected chi connectivity index (χ2v) is 3.76. The Morgan fingerprint density at radius 2 is 2.00 bits per heavy atom. The van der Waals surface area contributed by atoms with Crippen LogP contribution in [0.5, 0.6) is 0 Å². The molecule has 1 aromatic heterocycles. The van der Waals surface area contributed by atoms with Crippen LogP contribution < -0.4 is 5.32 Å². The van der Waals surface area contributed by atoms with Crippen LogP contribution in [-0.2, 0) is 11.2 Å². The van der Waals surface area contributed by atoms with Crippen molar-refractivity contribution < 1.29 is 14.3 Å². The summed E-state index contributed by atoms with van der Waals surface area (Å²) in [6.45, 7) is 5.39. The van der Waals surface area contributed by atoms with E-state index in [0.29, 0.717) is 29.1 Å². The molecule has 1 aromatic rings. The predicted molar refractivity (Wildman–Crippen MR) is 69.1 cm³/mol. The summed E-state index contributed by atoms with van der Waals surface area (Å²) in [5, 5.41) is 2.85. The summed E-state index contributed by atoms with van der Waals surface area (Å²) >= 11 is 0. The van der Waals surface area contributed by atoms with Gasteiger partial charge in [-0.3, -0.25) is 4.79 Å². The lowest BCUT2D eigenvalue weighted by molar-refractivity contribution is 0.0527. The maximum absolute atomic E-state index is 11.8. The molecule has 0 atom stereocenters. The number of anilines is 1. The minimum Gasteiger partial charge on any atom is -0.462 e. The lowest BCUT2D eigenvalue weighted by Gasteiger charge is -2.12. The van der Waals surface area contributed by atoms with Gasteiger partial charge in [-0.1, -0.05) is 6.92 Å². The van der Waals surface area contributed by atoms with E-state index >= 15 is 0 Å². The van der Waals surface area contributed by atoms with E-state index in [9.17, 15) is 9.59 Å². The van der Waals surface area contributed by atoms with E-state index < -0.39 is 5.97 Å². The number of aryl methyl sites for hydroxylation is 1. The Kier molecular flexibility index (Phi) is 4.83. The van der Waals surface area contributed by atoms with Crippen LogP contribution in [0.2, 0.25) is 0 Å². The normalized spacial score (nSPS) is 10.0. The number of rotatable bonds is 5. The van der Waals surface area contributed by atoms with E-state index in [4.69, 9.17) is 4.74 Å². The third-order valence-electron chi connectivity index (χ3n) is 2.55. The smallest absolute Gasteiger partial charge is 0.341 e. The highest BCUT2D eigenvalue weighted by molar-refractivity contribution is 6.01. The quantitative estimate of drug-likeness (QED) is 0.640. The first-order valence-corrected chi connectivity index (χ1v) is 5.94. The lowest BCUT2D eigenvalue weighted by atomic mass is 10.0. The third kappa shape index (κ3) is 2.85. The first-order chi connectivity index (χ1) is 8.54. The van der Waals surface area contributed by atoms with E-state index in [1.54, 1.807) is 20.0 Å². The summed E-state index contributed by atoms with van der Waals surface area (Å²) in [5.41, 5.74) is 1.45. The number of carbonyl (C=O) groups is 2. The molecule has 0 aliphatic heterocycles. The lowest BCUT2D eigenvalue weighted by Crippen LogP contribution is -2.13. The van der Waals surface area contributed by atoms with Gasteiger partial charge in [0.2, 0.25) is 0 Å². The van der Waals surface area contributed by atoms with Gasteiger partial charge in [0, 0.05) is 12.6 Å². The molecule has 0 fully saturated rings. The van der Waals surface area contributed by atoms with Gasteiger partial charge in [-0.25, -0.2) is 9.78 Å². The molecule has 5 nitrogen and oxygen atoms in total. The fourth-order valence-corrected chi connectivity index (χ4v) is 1.68. The largest absolute Gasteiger partial charge is 0.462 e. The highest BCUT2D eigenvalue weighted by Gasteiger charge is 2.18. The molecule has 1 N–H and O–H groups in total. The number of ether oxygens (including phenoxy) is 1. The zero-order chi connectivity index (χ0) is 13.7. The van der Waals surface area contributed by atoms with Crippen LogP contribution in [0.25, 0.3) is 0 Å². The predicted octanol–water partition coefficient (Wildman–Crippen LogP) is 2.06. The minimum atomic E-state index is -0.473. The molecule has 0 aliphatic rings. The Labute approximate surface area is 107 Å². The zero-order valence-electron chi connectivity index (χ0n) is 11.2. The molecule has 0 spiro atoms. The second-order valence-electron chi connectivity index (χ2n) is 3.76. The monoisotopic (exact) mass is 250 g/mol. The van der Waals surface area contributed by atoms with Crippen molar-refractivity contribution in [2.45, 2.75) is 27.2 Å². The summed E-state index contributed by atoms with van der Waals surface area (Å²) in [6, 6.07) is 1.55. The Balaban J connectivity index is 3.36. The zero-order valence-corrected chi connectivity index (χ0v) is 11.2. The minimum absolute atomic E-state index is 0.104. The number of ketones is 1. The number of carbonyl (C=O) groups excluding carboxylic acids is 2. The molecule has 0 aromatic carbocycles. The first kappa shape index (κ1) is 14.2. The average molecular weight is 250 g/mol. The van der Waals surface area contributed by atoms with Gasteiger partial charge in [-0.2, -0.15) is 0 Å². The van der Waals surface area contributed by atoms with Crippen molar-refractivity contribution in [1.29, 1.82) is 0 Å². The van der Waals surface area contributed by atoms with Crippen LogP contribution >= 0.6 is 0 Å². The summed E-state index contributed by atoms with van der Waals surface area (Å²) in [5.74, 6) is -0.137. The summed E-state index contributed by atoms with van der Waals surface area (Å²) in [6.07, 6.45) is 0.632. The standard InChI is InChI=1S/C13H18N2O3/c1-5-11-9(8(3)16)7-10(12(14-4)15-11)13(17)18-6-2/h7H,5-6H2,1-4H3,(H,14,15). The molecular weight excluding hydrogens is 232 g/mol. The van der Waals surface area contributed by atoms with Crippen LogP contribution in [0.1, 0.15) is 47.2 Å². The number of nitrogens with zero attached hydrogens (tertiary/aromatic N) is 1. The molecule has 5 heteroatoms. The molecule has 1 heterocycles. The first-order valence-electron chi connectivity index (χ1n) is 5.94. The molecule has 0 bridgehead atoms. The van der Waals surface area contributed by atoms with E-state index in [1.165, 1.54) is 6.92 Å². The number of hydrogen-bond donors (Lipinski definition) is 1. The van der Waals surface area contributed by atoms with Crippen molar-refractivity contribution in [2.24, 2.45) is 0 Å². The van der Waals surface area contributed by atoms with Gasteiger partial charge in [0.05, 0.1) is 12.3 Å². The van der Waals surface area contributed by atoms with E-state index in [0.717, 1.165) is 0 Å². The van der Waals surface area contributed by atoms with Gasteiger partial charge in [0.15, 0.2) is 5.78 Å². The molecule has 1 rings (SSSR count). The van der Waals surface area contributed by atoms with Gasteiger partial charge in [-0.05, 0) is 26.3 Å². The van der Waals surface area contributed by atoms with E-state index in [-0.39, 0.29) is 12.4 Å². The van der Waals surface area contributed by atoms with Crippen LogP contribution in [0, 0.1) is 0 Å². The second kappa shape index (κ2) is 6.14. The van der Waals surface area contributed by atoms with Gasteiger partial charge >= 0.3 is 5.97 Å². The molecule has 0 aliphatic carbocycles. The Morgan fingerprint density at radius 1 is 1.33 bits per heavy atom. The van der Waals surface area contributed by atoms with Crippen molar-refractivity contribution in [3.63, 3.8) is 0 Å². The molecule has 0 saturated heterocycles. The molecule has 98 valence electrons. The van der Waals surface area contributed by atoms with Crippen molar-refractivity contribution >= 4 is 17.6 Å². The van der Waals surface area contributed by atoms with Crippen molar-refractivity contribution in [1.82, 2.24) is 4.98 Å². The summed E-state index contributed by atoms with van der Waals surface area (Å²) in [7, 11) is 1.68. The number of hydrogen-bond acceptors (Lipinski definition) is 5. The van der Waals surface area contributed by atoms with Gasteiger partial charge < -0.3 is 10.1 Å². The fraction of sp³-hybridized carbons (Fsp3) is 0.462. The van der Waals surface area contributed by atoms with Crippen LogP contribution in [-0.4, -0.2) is 30.4 Å². The molecule has 0 radical (unpaired) electrons. The number of nitrogens with one attached hydrogen (secondary N) is 1. The molecular formula is C13H18N2O3. The van der Waals surface area contributed by atoms with Crippen LogP contribution in [0.3, 0.4) is 0 Å². The average Bonchev–Trinajstić information content (AvgIpc) is 2.37. The van der Waals surface area contributed by atoms with Gasteiger partial charge in [-0.15, -0.1) is 0 Å². The molecule has 18 heavy (non-hydrogen) atoms. The van der Waals surface area contributed by atoms with E-state index in [2.05, 4.69) is 10.3 Å². The summed E-state index contributed by atoms with van der Waals surface area (Å²) < 4.78 is 4.95. The van der Waals surface area contributed by atoms with Gasteiger partial charge in [0.1, 0.15) is 11.4 Å². The molecule has 0 saturated carbocycles. The van der Waals surface area contributed by atoms with Crippen molar-refractivity contribution in [3.8, 4) is 0 Å². The van der Waals surface area contributed by atoms with Gasteiger partial charge in [0.25, 0.3) is 0 Å². The third-order valence-corrected chi connectivity index (χ3v) is 2.55. The molecule has 0 unspecified atom stereocenters. The van der Waals surface area contributed by atoms with Crippen molar-refractivity contribution in [3.05, 3.63) is 22.9 Å². The molecule has 0 amide bonds. The number of Topliss-reactive ketones (excluding diaryl/α,β-unsaturated/α-hetero) is 1. The number of aromatic nitrogens is 1. The number of esters is 1. The number of pyridine rings is 1. The maximum atomic E-state index is 11.8. The topological polar surface area (TPSA) is 68.3 Å². The Hall–Kier alpha value is -1.91. The van der Waals surface area contributed by atoms with Crippen LogP contribution in [0.4, 0.5) is 5.82 Å². The SMILES string of the molecule is CCOC(=O)c1cc(C(C)=O)c(CC)nc1NC. The fourth-order valence-electron chi connectivity index (χ4n) is 1.68.